The summed E-state index contributed by atoms with van der Waals surface area (Å²) in [7, 11) is 0. The minimum atomic E-state index is -0.404. The summed E-state index contributed by atoms with van der Waals surface area (Å²) in [6, 6.07) is 15.1. The molecule has 0 aromatic heterocycles. The predicted molar refractivity (Wildman–Crippen MR) is 96.0 cm³/mol. The second-order valence-corrected chi connectivity index (χ2v) is 6.63. The first-order chi connectivity index (χ1) is 11.5. The fraction of sp³-hybridized carbons (Fsp3) is 0.111. The van der Waals surface area contributed by atoms with Crippen LogP contribution in [0.3, 0.4) is 0 Å². The molecular weight excluding hydrogens is 346 g/mol. The number of hydrogen-bond acceptors (Lipinski definition) is 4. The SMILES string of the molecule is CC(Oc1ccc(/C=C2/SC(=O)NC2=O)c(Cl)c1)c1ccccc1. The van der Waals surface area contributed by atoms with Gasteiger partial charge in [-0.15, -0.1) is 0 Å². The third-order valence-corrected chi connectivity index (χ3v) is 4.62. The molecule has 1 aliphatic heterocycles. The van der Waals surface area contributed by atoms with Gasteiger partial charge in [0.15, 0.2) is 0 Å². The van der Waals surface area contributed by atoms with E-state index in [1.807, 2.05) is 37.3 Å². The molecule has 2 aromatic rings. The quantitative estimate of drug-likeness (QED) is 0.796. The van der Waals surface area contributed by atoms with Crippen molar-refractivity contribution in [2.24, 2.45) is 0 Å². The van der Waals surface area contributed by atoms with Crippen LogP contribution < -0.4 is 10.1 Å². The van der Waals surface area contributed by atoms with Gasteiger partial charge < -0.3 is 4.74 Å². The normalized spacial score (nSPS) is 17.0. The van der Waals surface area contributed by atoms with Crippen molar-refractivity contribution >= 4 is 40.6 Å². The Morgan fingerprint density at radius 1 is 1.17 bits per heavy atom. The first-order valence-corrected chi connectivity index (χ1v) is 8.48. The number of amides is 2. The van der Waals surface area contributed by atoms with Gasteiger partial charge in [0.25, 0.3) is 11.1 Å². The molecule has 3 rings (SSSR count). The number of carbonyl (C=O) groups is 2. The average molecular weight is 360 g/mol. The number of halogens is 1. The molecule has 0 saturated carbocycles. The minimum Gasteiger partial charge on any atom is -0.486 e. The third kappa shape index (κ3) is 3.80. The number of imide groups is 1. The lowest BCUT2D eigenvalue weighted by molar-refractivity contribution is -0.115. The third-order valence-electron chi connectivity index (χ3n) is 3.48. The first-order valence-electron chi connectivity index (χ1n) is 7.29. The van der Waals surface area contributed by atoms with E-state index in [-0.39, 0.29) is 11.3 Å². The van der Waals surface area contributed by atoms with Crippen molar-refractivity contribution in [3.05, 3.63) is 69.6 Å². The van der Waals surface area contributed by atoms with Gasteiger partial charge in [-0.3, -0.25) is 14.9 Å². The lowest BCUT2D eigenvalue weighted by Crippen LogP contribution is -2.17. The van der Waals surface area contributed by atoms with Gasteiger partial charge in [0.05, 0.1) is 9.93 Å². The summed E-state index contributed by atoms with van der Waals surface area (Å²) < 4.78 is 5.90. The van der Waals surface area contributed by atoms with Crippen LogP contribution in [-0.2, 0) is 4.79 Å². The molecule has 2 aromatic carbocycles. The van der Waals surface area contributed by atoms with E-state index in [9.17, 15) is 9.59 Å². The van der Waals surface area contributed by atoms with E-state index in [0.29, 0.717) is 21.2 Å². The highest BCUT2D eigenvalue weighted by Crippen LogP contribution is 2.31. The van der Waals surface area contributed by atoms with Gasteiger partial charge >= 0.3 is 0 Å². The Balaban J connectivity index is 1.77. The van der Waals surface area contributed by atoms with E-state index in [4.69, 9.17) is 16.3 Å². The summed E-state index contributed by atoms with van der Waals surface area (Å²) >= 11 is 7.13. The highest BCUT2D eigenvalue weighted by molar-refractivity contribution is 8.18. The Morgan fingerprint density at radius 3 is 2.54 bits per heavy atom. The zero-order valence-corrected chi connectivity index (χ0v) is 14.4. The van der Waals surface area contributed by atoms with Gasteiger partial charge in [0, 0.05) is 0 Å². The zero-order valence-electron chi connectivity index (χ0n) is 12.8. The van der Waals surface area contributed by atoms with Crippen LogP contribution in [0.15, 0.2) is 53.4 Å². The van der Waals surface area contributed by atoms with E-state index >= 15 is 0 Å². The maximum absolute atomic E-state index is 11.6. The molecule has 6 heteroatoms. The van der Waals surface area contributed by atoms with Crippen LogP contribution >= 0.6 is 23.4 Å². The molecule has 1 N–H and O–H groups in total. The smallest absolute Gasteiger partial charge is 0.290 e. The van der Waals surface area contributed by atoms with Crippen LogP contribution in [-0.4, -0.2) is 11.1 Å². The predicted octanol–water partition coefficient (Wildman–Crippen LogP) is 4.80. The molecule has 0 bridgehead atoms. The maximum Gasteiger partial charge on any atom is 0.290 e. The fourth-order valence-corrected chi connectivity index (χ4v) is 3.15. The number of nitrogens with one attached hydrogen (secondary N) is 1. The van der Waals surface area contributed by atoms with Gasteiger partial charge in [-0.2, -0.15) is 0 Å². The lowest BCUT2D eigenvalue weighted by atomic mass is 10.1. The number of thioether (sulfide) groups is 1. The maximum atomic E-state index is 11.6. The van der Waals surface area contributed by atoms with Crippen LogP contribution in [0.4, 0.5) is 4.79 Å². The van der Waals surface area contributed by atoms with Crippen molar-refractivity contribution in [2.75, 3.05) is 0 Å². The molecule has 122 valence electrons. The second-order valence-electron chi connectivity index (χ2n) is 5.21. The fourth-order valence-electron chi connectivity index (χ4n) is 2.26. The van der Waals surface area contributed by atoms with Gasteiger partial charge in [-0.05, 0) is 54.1 Å². The Morgan fingerprint density at radius 2 is 1.92 bits per heavy atom. The van der Waals surface area contributed by atoms with E-state index < -0.39 is 5.91 Å². The molecule has 2 amide bonds. The zero-order chi connectivity index (χ0) is 17.1. The standard InChI is InChI=1S/C18H14ClNO3S/c1-11(12-5-3-2-4-6-12)23-14-8-7-13(15(19)10-14)9-16-17(21)20-18(22)24-16/h2-11H,1H3,(H,20,21,22)/b16-9+. The van der Waals surface area contributed by atoms with E-state index in [1.54, 1.807) is 24.3 Å². The van der Waals surface area contributed by atoms with Crippen LogP contribution in [0.5, 0.6) is 5.75 Å². The Labute approximate surface area is 148 Å². The lowest BCUT2D eigenvalue weighted by Gasteiger charge is -2.15. The molecule has 0 radical (unpaired) electrons. The van der Waals surface area contributed by atoms with Crippen LogP contribution in [0, 0.1) is 0 Å². The molecule has 0 spiro atoms. The second kappa shape index (κ2) is 7.11. The van der Waals surface area contributed by atoms with Gasteiger partial charge in [-0.1, -0.05) is 41.9 Å². The van der Waals surface area contributed by atoms with Crippen LogP contribution in [0.25, 0.3) is 6.08 Å². The molecular formula is C18H14ClNO3S. The molecule has 1 saturated heterocycles. The van der Waals surface area contributed by atoms with Crippen molar-refractivity contribution < 1.29 is 14.3 Å². The number of hydrogen-bond donors (Lipinski definition) is 1. The van der Waals surface area contributed by atoms with Crippen LogP contribution in [0.1, 0.15) is 24.2 Å². The van der Waals surface area contributed by atoms with Crippen molar-refractivity contribution in [3.63, 3.8) is 0 Å². The minimum absolute atomic E-state index is 0.111. The molecule has 0 aliphatic carbocycles. The Kier molecular flexibility index (Phi) is 4.92. The van der Waals surface area contributed by atoms with Crippen molar-refractivity contribution in [2.45, 2.75) is 13.0 Å². The largest absolute Gasteiger partial charge is 0.486 e. The van der Waals surface area contributed by atoms with Crippen molar-refractivity contribution in [3.8, 4) is 5.75 Å². The van der Waals surface area contributed by atoms with E-state index in [0.717, 1.165) is 17.3 Å². The molecule has 1 unspecified atom stereocenters. The number of rotatable bonds is 4. The van der Waals surface area contributed by atoms with Crippen molar-refractivity contribution in [1.82, 2.24) is 5.32 Å². The number of ether oxygens (including phenoxy) is 1. The number of carbonyl (C=O) groups excluding carboxylic acids is 2. The molecule has 1 atom stereocenters. The van der Waals surface area contributed by atoms with E-state index in [1.165, 1.54) is 0 Å². The highest BCUT2D eigenvalue weighted by Gasteiger charge is 2.25. The van der Waals surface area contributed by atoms with Gasteiger partial charge in [0.2, 0.25) is 0 Å². The molecule has 1 fully saturated rings. The topological polar surface area (TPSA) is 55.4 Å². The number of benzene rings is 2. The Hall–Kier alpha value is -2.24. The average Bonchev–Trinajstić information content (AvgIpc) is 2.88. The van der Waals surface area contributed by atoms with Crippen LogP contribution in [0.2, 0.25) is 5.02 Å². The first kappa shape index (κ1) is 16.6. The highest BCUT2D eigenvalue weighted by atomic mass is 35.5. The van der Waals surface area contributed by atoms with E-state index in [2.05, 4.69) is 5.32 Å². The van der Waals surface area contributed by atoms with Gasteiger partial charge in [0.1, 0.15) is 11.9 Å². The summed E-state index contributed by atoms with van der Waals surface area (Å²) in [6.45, 7) is 1.96. The summed E-state index contributed by atoms with van der Waals surface area (Å²) in [5.74, 6) is 0.234. The van der Waals surface area contributed by atoms with Gasteiger partial charge in [-0.25, -0.2) is 0 Å². The summed E-state index contributed by atoms with van der Waals surface area (Å²) in [5.41, 5.74) is 1.72. The molecule has 1 aliphatic rings. The monoisotopic (exact) mass is 359 g/mol. The van der Waals surface area contributed by atoms with Crippen molar-refractivity contribution in [1.29, 1.82) is 0 Å². The molecule has 24 heavy (non-hydrogen) atoms. The Bertz CT molecular complexity index is 820. The summed E-state index contributed by atoms with van der Waals surface area (Å²) in [5, 5.41) is 2.29. The summed E-state index contributed by atoms with van der Waals surface area (Å²) in [6.07, 6.45) is 1.48. The molecule has 4 nitrogen and oxygen atoms in total. The summed E-state index contributed by atoms with van der Waals surface area (Å²) in [4.78, 5) is 23.1. The molecule has 1 heterocycles.